The van der Waals surface area contributed by atoms with E-state index in [-0.39, 0.29) is 33.6 Å². The van der Waals surface area contributed by atoms with Gasteiger partial charge in [-0.15, -0.1) is 0 Å². The number of amides is 2. The molecule has 1 aliphatic rings. The van der Waals surface area contributed by atoms with Crippen LogP contribution in [-0.2, 0) is 0 Å². The molecule has 0 spiro atoms. The van der Waals surface area contributed by atoms with Crippen LogP contribution in [0.3, 0.4) is 0 Å². The molecule has 1 atom stereocenters. The van der Waals surface area contributed by atoms with Gasteiger partial charge in [-0.05, 0) is 30.2 Å². The van der Waals surface area contributed by atoms with Gasteiger partial charge in [0, 0.05) is 11.1 Å². The molecule has 0 aromatic heterocycles. The zero-order chi connectivity index (χ0) is 21.4. The van der Waals surface area contributed by atoms with E-state index in [4.69, 9.17) is 0 Å². The summed E-state index contributed by atoms with van der Waals surface area (Å²) in [6.45, 7) is 1.78. The summed E-state index contributed by atoms with van der Waals surface area (Å²) in [6, 6.07) is 18.5. The van der Waals surface area contributed by atoms with Crippen LogP contribution in [0.5, 0.6) is 0 Å². The van der Waals surface area contributed by atoms with Gasteiger partial charge in [-0.25, -0.2) is 0 Å². The lowest BCUT2D eigenvalue weighted by atomic mass is 9.98. The normalized spacial score (nSPS) is 13.8. The predicted molar refractivity (Wildman–Crippen MR) is 106 cm³/mol. The Balaban J connectivity index is 1.65. The highest BCUT2D eigenvalue weighted by atomic mass is 16.4. The first-order valence-electron chi connectivity index (χ1n) is 9.31. The van der Waals surface area contributed by atoms with Crippen LogP contribution in [0.25, 0.3) is 0 Å². The monoisotopic (exact) mass is 398 g/mol. The average Bonchev–Trinajstić information content (AvgIpc) is 3.03. The van der Waals surface area contributed by atoms with E-state index < -0.39 is 23.8 Å². The van der Waals surface area contributed by atoms with Crippen molar-refractivity contribution in [3.05, 3.63) is 106 Å². The lowest BCUT2D eigenvalue weighted by Crippen LogP contribution is -2.32. The number of rotatable bonds is 5. The number of hydrogen-bond acceptors (Lipinski definition) is 5. The number of nitrogens with zero attached hydrogens (tertiary/aromatic N) is 1. The van der Waals surface area contributed by atoms with Gasteiger partial charge in [-0.2, -0.15) is 0 Å². The molecular formula is C24H16NO5-. The van der Waals surface area contributed by atoms with Gasteiger partial charge < -0.3 is 9.90 Å². The highest BCUT2D eigenvalue weighted by molar-refractivity contribution is 6.22. The fourth-order valence-corrected chi connectivity index (χ4v) is 3.56. The fraction of sp³-hybridized carbons (Fsp3) is 0.0833. The Kier molecular flexibility index (Phi) is 4.75. The number of imide groups is 1. The van der Waals surface area contributed by atoms with E-state index in [0.29, 0.717) is 0 Å². The Bertz CT molecular complexity index is 1180. The van der Waals surface area contributed by atoms with E-state index in [0.717, 1.165) is 5.56 Å². The number of aromatic carboxylic acids is 1. The van der Waals surface area contributed by atoms with E-state index in [1.807, 2.05) is 30.3 Å². The first kappa shape index (κ1) is 19.3. The Morgan fingerprint density at radius 3 is 1.97 bits per heavy atom. The second kappa shape index (κ2) is 7.40. The molecule has 0 fully saturated rings. The summed E-state index contributed by atoms with van der Waals surface area (Å²) in [5, 5.41) is 10.9. The van der Waals surface area contributed by atoms with E-state index >= 15 is 0 Å². The molecule has 0 bridgehead atoms. The number of carbonyl (C=O) groups excluding carboxylic acids is 4. The lowest BCUT2D eigenvalue weighted by Gasteiger charge is -2.22. The minimum Gasteiger partial charge on any atom is -0.545 e. The maximum absolute atomic E-state index is 13.0. The van der Waals surface area contributed by atoms with Gasteiger partial charge in [0.05, 0.1) is 23.1 Å². The molecule has 3 aromatic carbocycles. The SMILES string of the molecule is C[C@@H](c1ccccc1)N1C(=O)c2ccc(C(=O)c3ccc(C(=O)[O-])cc3)cc2C1=O. The minimum absolute atomic E-state index is 0.0354. The molecule has 148 valence electrons. The van der Waals surface area contributed by atoms with E-state index in [1.54, 1.807) is 6.92 Å². The van der Waals surface area contributed by atoms with Gasteiger partial charge >= 0.3 is 0 Å². The fourth-order valence-electron chi connectivity index (χ4n) is 3.56. The standard InChI is InChI=1S/C24H17NO5/c1-14(15-5-3-2-4-6-15)25-22(27)19-12-11-18(13-20(19)23(25)28)21(26)16-7-9-17(10-8-16)24(29)30/h2-14H,1H3,(H,29,30)/p-1/t14-/m0/s1. The average molecular weight is 398 g/mol. The van der Waals surface area contributed by atoms with Gasteiger partial charge in [0.15, 0.2) is 5.78 Å². The lowest BCUT2D eigenvalue weighted by molar-refractivity contribution is -0.255. The Morgan fingerprint density at radius 2 is 1.33 bits per heavy atom. The minimum atomic E-state index is -1.33. The number of carbonyl (C=O) groups is 4. The third-order valence-electron chi connectivity index (χ3n) is 5.23. The summed E-state index contributed by atoms with van der Waals surface area (Å²) in [7, 11) is 0. The van der Waals surface area contributed by atoms with Crippen LogP contribution in [0.15, 0.2) is 72.8 Å². The first-order valence-corrected chi connectivity index (χ1v) is 9.31. The second-order valence-electron chi connectivity index (χ2n) is 7.02. The smallest absolute Gasteiger partial charge is 0.262 e. The zero-order valence-corrected chi connectivity index (χ0v) is 16.0. The van der Waals surface area contributed by atoms with Crippen molar-refractivity contribution >= 4 is 23.6 Å². The molecule has 4 rings (SSSR count). The van der Waals surface area contributed by atoms with Crippen LogP contribution in [0, 0.1) is 0 Å². The number of benzene rings is 3. The predicted octanol–water partition coefficient (Wildman–Crippen LogP) is 2.64. The number of carboxylic acid groups (broad SMARTS) is 1. The topological polar surface area (TPSA) is 94.6 Å². The van der Waals surface area contributed by atoms with E-state index in [9.17, 15) is 24.3 Å². The summed E-state index contributed by atoms with van der Waals surface area (Å²) >= 11 is 0. The summed E-state index contributed by atoms with van der Waals surface area (Å²) in [6.07, 6.45) is 0. The molecule has 2 amide bonds. The van der Waals surface area contributed by atoms with Crippen molar-refractivity contribution in [1.29, 1.82) is 0 Å². The molecule has 0 radical (unpaired) electrons. The number of fused-ring (bicyclic) bond motifs is 1. The third kappa shape index (κ3) is 3.18. The molecule has 1 heterocycles. The van der Waals surface area contributed by atoms with Gasteiger partial charge in [0.1, 0.15) is 0 Å². The Hall–Kier alpha value is -4.06. The van der Waals surface area contributed by atoms with E-state index in [1.165, 1.54) is 47.4 Å². The maximum atomic E-state index is 13.0. The van der Waals surface area contributed by atoms with Crippen molar-refractivity contribution in [3.63, 3.8) is 0 Å². The Labute approximate surface area is 172 Å². The van der Waals surface area contributed by atoms with Gasteiger partial charge in [0.25, 0.3) is 11.8 Å². The van der Waals surface area contributed by atoms with Crippen LogP contribution in [-0.4, -0.2) is 28.5 Å². The quantitative estimate of drug-likeness (QED) is 0.486. The number of carboxylic acids is 1. The van der Waals surface area contributed by atoms with Gasteiger partial charge in [0.2, 0.25) is 0 Å². The Morgan fingerprint density at radius 1 is 0.767 bits per heavy atom. The summed E-state index contributed by atoms with van der Waals surface area (Å²) in [5.41, 5.74) is 1.74. The molecule has 0 unspecified atom stereocenters. The molecule has 0 saturated heterocycles. The van der Waals surface area contributed by atoms with Gasteiger partial charge in [-0.3, -0.25) is 19.3 Å². The highest BCUT2D eigenvalue weighted by Gasteiger charge is 2.39. The molecule has 1 aliphatic heterocycles. The zero-order valence-electron chi connectivity index (χ0n) is 16.0. The van der Waals surface area contributed by atoms with Gasteiger partial charge in [-0.1, -0.05) is 60.7 Å². The van der Waals surface area contributed by atoms with Crippen molar-refractivity contribution in [2.75, 3.05) is 0 Å². The first-order chi connectivity index (χ1) is 14.4. The highest BCUT2D eigenvalue weighted by Crippen LogP contribution is 2.32. The maximum Gasteiger partial charge on any atom is 0.262 e. The van der Waals surface area contributed by atoms with Crippen LogP contribution in [0.1, 0.15) is 65.5 Å². The molecule has 6 heteroatoms. The van der Waals surface area contributed by atoms with Crippen molar-refractivity contribution in [2.45, 2.75) is 13.0 Å². The molecule has 0 N–H and O–H groups in total. The van der Waals surface area contributed by atoms with Crippen molar-refractivity contribution in [1.82, 2.24) is 4.90 Å². The number of ketones is 1. The summed E-state index contributed by atoms with van der Waals surface area (Å²) < 4.78 is 0. The number of hydrogen-bond donors (Lipinski definition) is 0. The van der Waals surface area contributed by atoms with Crippen molar-refractivity contribution in [3.8, 4) is 0 Å². The van der Waals surface area contributed by atoms with Crippen LogP contribution in [0.2, 0.25) is 0 Å². The van der Waals surface area contributed by atoms with Crippen molar-refractivity contribution < 1.29 is 24.3 Å². The summed E-state index contributed by atoms with van der Waals surface area (Å²) in [4.78, 5) is 50.6. The van der Waals surface area contributed by atoms with Crippen LogP contribution in [0.4, 0.5) is 0 Å². The largest absolute Gasteiger partial charge is 0.545 e. The van der Waals surface area contributed by atoms with Crippen LogP contribution < -0.4 is 5.11 Å². The third-order valence-corrected chi connectivity index (χ3v) is 5.23. The van der Waals surface area contributed by atoms with E-state index in [2.05, 4.69) is 0 Å². The molecule has 0 saturated carbocycles. The second-order valence-corrected chi connectivity index (χ2v) is 7.02. The molecular weight excluding hydrogens is 382 g/mol. The summed E-state index contributed by atoms with van der Waals surface area (Å²) in [5.74, 6) is -2.56. The molecule has 0 aliphatic carbocycles. The molecule has 30 heavy (non-hydrogen) atoms. The van der Waals surface area contributed by atoms with Crippen molar-refractivity contribution in [2.24, 2.45) is 0 Å². The van der Waals surface area contributed by atoms with Crippen LogP contribution >= 0.6 is 0 Å². The molecule has 6 nitrogen and oxygen atoms in total. The molecule has 3 aromatic rings.